The van der Waals surface area contributed by atoms with Gasteiger partial charge in [-0.15, -0.1) is 0 Å². The normalized spacial score (nSPS) is 19.9. The molecule has 2 N–H and O–H groups in total. The molecule has 6 heteroatoms. The molecule has 0 saturated carbocycles. The molecule has 2 aliphatic rings. The average molecular weight is 290 g/mol. The highest BCUT2D eigenvalue weighted by molar-refractivity contribution is 5.89. The number of hydrogen-bond donors (Lipinski definition) is 2. The van der Waals surface area contributed by atoms with Gasteiger partial charge >= 0.3 is 6.03 Å². The number of rotatable bonds is 2. The quantitative estimate of drug-likeness (QED) is 0.869. The minimum atomic E-state index is -0.268. The lowest BCUT2D eigenvalue weighted by atomic mass is 10.1. The number of likely N-dealkylation sites (tertiary alicyclic amines) is 1. The Morgan fingerprint density at radius 1 is 1.19 bits per heavy atom. The van der Waals surface area contributed by atoms with Crippen LogP contribution in [0.15, 0.2) is 18.3 Å². The Labute approximate surface area is 124 Å². The van der Waals surface area contributed by atoms with Crippen molar-refractivity contribution in [2.45, 2.75) is 31.8 Å². The van der Waals surface area contributed by atoms with Gasteiger partial charge in [-0.3, -0.25) is 0 Å². The molecule has 2 saturated heterocycles. The van der Waals surface area contributed by atoms with Gasteiger partial charge < -0.3 is 20.2 Å². The summed E-state index contributed by atoms with van der Waals surface area (Å²) in [5.41, 5.74) is 0.717. The zero-order valence-electron chi connectivity index (χ0n) is 12.2. The molecule has 0 bridgehead atoms. The third-order valence-corrected chi connectivity index (χ3v) is 4.18. The van der Waals surface area contributed by atoms with Gasteiger partial charge in [0.25, 0.3) is 0 Å². The molecule has 0 unspecified atom stereocenters. The molecule has 2 fully saturated rings. The SMILES string of the molecule is O=C(Nc1ccc(N2CCCC2)nc1)N1CCC(O)CC1. The van der Waals surface area contributed by atoms with Gasteiger partial charge in [0.15, 0.2) is 0 Å². The number of nitrogens with one attached hydrogen (secondary N) is 1. The van der Waals surface area contributed by atoms with Crippen LogP contribution in [-0.4, -0.2) is 53.3 Å². The van der Waals surface area contributed by atoms with Crippen molar-refractivity contribution in [1.82, 2.24) is 9.88 Å². The molecule has 3 rings (SSSR count). The van der Waals surface area contributed by atoms with E-state index in [0.717, 1.165) is 18.9 Å². The number of urea groups is 1. The number of anilines is 2. The highest BCUT2D eigenvalue weighted by Crippen LogP contribution is 2.19. The van der Waals surface area contributed by atoms with Gasteiger partial charge in [0.1, 0.15) is 5.82 Å². The van der Waals surface area contributed by atoms with Crippen molar-refractivity contribution in [3.63, 3.8) is 0 Å². The highest BCUT2D eigenvalue weighted by Gasteiger charge is 2.21. The molecule has 21 heavy (non-hydrogen) atoms. The van der Waals surface area contributed by atoms with Crippen molar-refractivity contribution in [1.29, 1.82) is 0 Å². The Morgan fingerprint density at radius 2 is 1.90 bits per heavy atom. The highest BCUT2D eigenvalue weighted by atomic mass is 16.3. The topological polar surface area (TPSA) is 68.7 Å². The van der Waals surface area contributed by atoms with Crippen molar-refractivity contribution in [3.05, 3.63) is 18.3 Å². The fourth-order valence-electron chi connectivity index (χ4n) is 2.86. The first-order chi connectivity index (χ1) is 10.2. The van der Waals surface area contributed by atoms with Crippen LogP contribution in [-0.2, 0) is 0 Å². The van der Waals surface area contributed by atoms with Crippen molar-refractivity contribution < 1.29 is 9.90 Å². The summed E-state index contributed by atoms with van der Waals surface area (Å²) in [7, 11) is 0. The first-order valence-electron chi connectivity index (χ1n) is 7.67. The minimum absolute atomic E-state index is 0.113. The molecule has 1 aromatic rings. The van der Waals surface area contributed by atoms with Gasteiger partial charge in [0.05, 0.1) is 18.0 Å². The van der Waals surface area contributed by atoms with E-state index >= 15 is 0 Å². The van der Waals surface area contributed by atoms with E-state index in [4.69, 9.17) is 0 Å². The lowest BCUT2D eigenvalue weighted by molar-refractivity contribution is 0.0972. The zero-order valence-corrected chi connectivity index (χ0v) is 12.2. The van der Waals surface area contributed by atoms with Gasteiger partial charge in [-0.2, -0.15) is 0 Å². The number of carbonyl (C=O) groups is 1. The maximum atomic E-state index is 12.1. The summed E-state index contributed by atoms with van der Waals surface area (Å²) in [5.74, 6) is 0.978. The number of piperidine rings is 1. The maximum Gasteiger partial charge on any atom is 0.321 e. The van der Waals surface area contributed by atoms with E-state index in [9.17, 15) is 9.90 Å². The van der Waals surface area contributed by atoms with Crippen LogP contribution < -0.4 is 10.2 Å². The smallest absolute Gasteiger partial charge is 0.321 e. The molecule has 0 spiro atoms. The predicted molar refractivity (Wildman–Crippen MR) is 81.5 cm³/mol. The van der Waals surface area contributed by atoms with E-state index in [1.165, 1.54) is 12.8 Å². The largest absolute Gasteiger partial charge is 0.393 e. The number of aliphatic hydroxyl groups is 1. The lowest BCUT2D eigenvalue weighted by Gasteiger charge is -2.29. The van der Waals surface area contributed by atoms with Crippen molar-refractivity contribution in [2.75, 3.05) is 36.4 Å². The van der Waals surface area contributed by atoms with E-state index in [-0.39, 0.29) is 12.1 Å². The molecular formula is C15H22N4O2. The summed E-state index contributed by atoms with van der Waals surface area (Å²) in [6, 6.07) is 3.75. The summed E-state index contributed by atoms with van der Waals surface area (Å²) < 4.78 is 0. The summed E-state index contributed by atoms with van der Waals surface area (Å²) in [5, 5.41) is 12.3. The Bertz CT molecular complexity index is 477. The molecule has 1 aromatic heterocycles. The number of aromatic nitrogens is 1. The first-order valence-corrected chi connectivity index (χ1v) is 7.67. The number of pyridine rings is 1. The van der Waals surface area contributed by atoms with E-state index in [1.807, 2.05) is 12.1 Å². The molecule has 2 amide bonds. The van der Waals surface area contributed by atoms with Crippen LogP contribution in [0.25, 0.3) is 0 Å². The molecule has 0 aliphatic carbocycles. The number of aliphatic hydroxyl groups excluding tert-OH is 1. The van der Waals surface area contributed by atoms with E-state index in [1.54, 1.807) is 11.1 Å². The Morgan fingerprint density at radius 3 is 2.52 bits per heavy atom. The van der Waals surface area contributed by atoms with Crippen LogP contribution in [0.2, 0.25) is 0 Å². The minimum Gasteiger partial charge on any atom is -0.393 e. The van der Waals surface area contributed by atoms with Crippen molar-refractivity contribution >= 4 is 17.5 Å². The van der Waals surface area contributed by atoms with E-state index in [2.05, 4.69) is 15.2 Å². The first kappa shape index (κ1) is 14.1. The molecule has 2 aliphatic heterocycles. The summed E-state index contributed by atoms with van der Waals surface area (Å²) in [6.07, 6.45) is 5.20. The van der Waals surface area contributed by atoms with Crippen molar-refractivity contribution in [2.24, 2.45) is 0 Å². The number of nitrogens with zero attached hydrogens (tertiary/aromatic N) is 3. The second-order valence-electron chi connectivity index (χ2n) is 5.75. The van der Waals surface area contributed by atoms with Crippen LogP contribution in [0.3, 0.4) is 0 Å². The van der Waals surface area contributed by atoms with Crippen molar-refractivity contribution in [3.8, 4) is 0 Å². The second-order valence-corrected chi connectivity index (χ2v) is 5.75. The molecule has 6 nitrogen and oxygen atoms in total. The predicted octanol–water partition coefficient (Wildman–Crippen LogP) is 1.67. The Balaban J connectivity index is 1.56. The number of hydrogen-bond acceptors (Lipinski definition) is 4. The second kappa shape index (κ2) is 6.30. The van der Waals surface area contributed by atoms with Gasteiger partial charge in [-0.05, 0) is 37.8 Å². The van der Waals surface area contributed by atoms with Gasteiger partial charge in [-0.1, -0.05) is 0 Å². The summed E-state index contributed by atoms with van der Waals surface area (Å²) in [4.78, 5) is 20.5. The molecule has 0 atom stereocenters. The lowest BCUT2D eigenvalue weighted by Crippen LogP contribution is -2.42. The molecular weight excluding hydrogens is 268 g/mol. The fraction of sp³-hybridized carbons (Fsp3) is 0.600. The van der Waals surface area contributed by atoms with Crippen LogP contribution in [0.4, 0.5) is 16.3 Å². The summed E-state index contributed by atoms with van der Waals surface area (Å²) in [6.45, 7) is 3.34. The molecule has 3 heterocycles. The fourth-order valence-corrected chi connectivity index (χ4v) is 2.86. The van der Waals surface area contributed by atoms with Gasteiger partial charge in [-0.25, -0.2) is 9.78 Å². The standard InChI is InChI=1S/C15H22N4O2/c20-13-5-9-19(10-6-13)15(21)17-12-3-4-14(16-11-12)18-7-1-2-8-18/h3-4,11,13,20H,1-2,5-10H2,(H,17,21). The summed E-state index contributed by atoms with van der Waals surface area (Å²) >= 11 is 0. The third kappa shape index (κ3) is 3.44. The van der Waals surface area contributed by atoms with E-state index < -0.39 is 0 Å². The molecule has 0 radical (unpaired) electrons. The average Bonchev–Trinajstić information content (AvgIpc) is 3.03. The van der Waals surface area contributed by atoms with Crippen LogP contribution in [0.1, 0.15) is 25.7 Å². The number of carbonyl (C=O) groups excluding carboxylic acids is 1. The maximum absolute atomic E-state index is 12.1. The van der Waals surface area contributed by atoms with Crippen LogP contribution in [0.5, 0.6) is 0 Å². The van der Waals surface area contributed by atoms with Gasteiger partial charge in [0.2, 0.25) is 0 Å². The molecule has 0 aromatic carbocycles. The Kier molecular flexibility index (Phi) is 4.24. The van der Waals surface area contributed by atoms with E-state index in [0.29, 0.717) is 31.6 Å². The van der Waals surface area contributed by atoms with Crippen LogP contribution >= 0.6 is 0 Å². The Hall–Kier alpha value is -1.82. The van der Waals surface area contributed by atoms with Gasteiger partial charge in [0, 0.05) is 26.2 Å². The number of amides is 2. The third-order valence-electron chi connectivity index (χ3n) is 4.18. The monoisotopic (exact) mass is 290 g/mol. The zero-order chi connectivity index (χ0) is 14.7. The molecule has 114 valence electrons. The van der Waals surface area contributed by atoms with Crippen LogP contribution in [0, 0.1) is 0 Å².